The Labute approximate surface area is 226 Å². The Bertz CT molecular complexity index is 1140. The van der Waals surface area contributed by atoms with Crippen LogP contribution in [-0.2, 0) is 6.54 Å². The zero-order valence-electron chi connectivity index (χ0n) is 22.5. The number of nitrogens with one attached hydrogen (secondary N) is 2. The molecule has 4 bridgehead atoms. The second-order valence-corrected chi connectivity index (χ2v) is 11.6. The Hall–Kier alpha value is -3.11. The molecule has 4 aliphatic rings. The molecule has 3 N–H and O–H groups in total. The molecule has 0 saturated heterocycles. The van der Waals surface area contributed by atoms with Gasteiger partial charge in [-0.05, 0) is 92.9 Å². The maximum absolute atomic E-state index is 9.71. The molecule has 7 heteroatoms. The lowest BCUT2D eigenvalue weighted by Gasteiger charge is -2.60. The summed E-state index contributed by atoms with van der Waals surface area (Å²) in [5.41, 5.74) is 1.82. The fraction of sp³-hybridized carbons (Fsp3) is 0.581. The number of benzene rings is 1. The highest BCUT2D eigenvalue weighted by atomic mass is 16.5. The zero-order chi connectivity index (χ0) is 26.4. The molecule has 202 valence electrons. The van der Waals surface area contributed by atoms with Crippen LogP contribution in [0.5, 0.6) is 5.75 Å². The van der Waals surface area contributed by atoms with Crippen molar-refractivity contribution in [2.75, 3.05) is 30.9 Å². The van der Waals surface area contributed by atoms with E-state index in [1.165, 1.54) is 38.5 Å². The van der Waals surface area contributed by atoms with Gasteiger partial charge in [0, 0.05) is 25.3 Å². The van der Waals surface area contributed by atoms with Crippen LogP contribution in [0.3, 0.4) is 0 Å². The number of para-hydroxylation sites is 1. The molecule has 0 radical (unpaired) electrons. The van der Waals surface area contributed by atoms with Gasteiger partial charge in [0.1, 0.15) is 23.2 Å². The third kappa shape index (κ3) is 5.96. The lowest BCUT2D eigenvalue weighted by molar-refractivity contribution is -0.0873. The molecule has 0 aliphatic heterocycles. The molecular formula is C31H41N5O2. The van der Waals surface area contributed by atoms with Crippen molar-refractivity contribution < 1.29 is 9.84 Å². The quantitative estimate of drug-likeness (QED) is 0.224. The number of aliphatic hydroxyl groups is 1. The largest absolute Gasteiger partial charge is 0.496 e. The summed E-state index contributed by atoms with van der Waals surface area (Å²) in [4.78, 5) is 9.07. The molecule has 7 nitrogen and oxygen atoms in total. The first kappa shape index (κ1) is 26.5. The van der Waals surface area contributed by atoms with Crippen LogP contribution in [0.25, 0.3) is 0 Å². The molecule has 38 heavy (non-hydrogen) atoms. The summed E-state index contributed by atoms with van der Waals surface area (Å²) < 4.78 is 5.45. The average Bonchev–Trinajstić information content (AvgIpc) is 2.93. The number of allylic oxidation sites excluding steroid dienone is 2. The Balaban J connectivity index is 1.20. The van der Waals surface area contributed by atoms with Gasteiger partial charge in [-0.2, -0.15) is 10.2 Å². The molecule has 1 aromatic carbocycles. The highest BCUT2D eigenvalue weighted by Gasteiger charge is 2.54. The first-order chi connectivity index (χ1) is 18.6. The van der Waals surface area contributed by atoms with E-state index in [2.05, 4.69) is 33.8 Å². The highest BCUT2D eigenvalue weighted by Crippen LogP contribution is 2.62. The summed E-state index contributed by atoms with van der Waals surface area (Å²) in [5.74, 6) is 5.24. The summed E-state index contributed by atoms with van der Waals surface area (Å²) in [6.07, 6.45) is 17.2. The van der Waals surface area contributed by atoms with Crippen LogP contribution >= 0.6 is 0 Å². The average molecular weight is 516 g/mol. The van der Waals surface area contributed by atoms with Gasteiger partial charge in [-0.1, -0.05) is 30.4 Å². The Kier molecular flexibility index (Phi) is 8.48. The summed E-state index contributed by atoms with van der Waals surface area (Å²) >= 11 is 0. The van der Waals surface area contributed by atoms with Gasteiger partial charge in [-0.25, -0.2) is 4.98 Å². The lowest BCUT2D eigenvalue weighted by Crippen LogP contribution is -2.53. The number of rotatable bonds is 13. The smallest absolute Gasteiger partial charge is 0.224 e. The molecule has 4 aliphatic carbocycles. The summed E-state index contributed by atoms with van der Waals surface area (Å²) in [6, 6.07) is 10.2. The first-order valence-corrected chi connectivity index (χ1v) is 14.3. The molecule has 4 fully saturated rings. The van der Waals surface area contributed by atoms with Gasteiger partial charge in [0.05, 0.1) is 13.3 Å². The predicted octanol–water partition coefficient (Wildman–Crippen LogP) is 5.93. The second-order valence-electron chi connectivity index (χ2n) is 11.6. The summed E-state index contributed by atoms with van der Waals surface area (Å²) in [6.45, 7) is 1.71. The molecule has 6 rings (SSSR count). The molecule has 0 amide bonds. The van der Waals surface area contributed by atoms with Crippen molar-refractivity contribution in [2.24, 2.45) is 29.1 Å². The van der Waals surface area contributed by atoms with Gasteiger partial charge in [0.15, 0.2) is 0 Å². The zero-order valence-corrected chi connectivity index (χ0v) is 22.5. The van der Waals surface area contributed by atoms with Crippen LogP contribution in [0.15, 0.2) is 42.6 Å². The van der Waals surface area contributed by atoms with Gasteiger partial charge in [-0.3, -0.25) is 0 Å². The molecule has 4 saturated carbocycles. The molecule has 5 atom stereocenters. The van der Waals surface area contributed by atoms with E-state index in [1.807, 2.05) is 24.3 Å². The standard InChI is InChI=1S/C31H41N5O2/c1-38-28-11-7-6-9-23(28)19-33-30-34-20-26(18-32)29(36-30)35-21-31-15-22-13-24(16-31)27(25(14-22)17-31)10-5-3-2-4-8-12-37/h3,5-7,9,11,20,22,24-25,27,37H,2,4,8,10,12-17,19,21H2,1H3,(H2,33,34,35,36)/b5-3+/t22?,24-,25+,27-,31-. The SMILES string of the molecule is COc1ccccc1CNc1ncc(C#N)c(NC[C@]23CC4C[C@H](C2)[C@@H](C/C=C/CCCCO)[C@@H](C4)C3)n1. The minimum atomic E-state index is 0.295. The number of hydrogen-bond donors (Lipinski definition) is 3. The maximum atomic E-state index is 9.71. The van der Waals surface area contributed by atoms with Gasteiger partial charge in [0.2, 0.25) is 5.95 Å². The minimum Gasteiger partial charge on any atom is -0.496 e. The van der Waals surface area contributed by atoms with E-state index in [9.17, 15) is 5.26 Å². The normalized spacial score (nSPS) is 27.4. The van der Waals surface area contributed by atoms with E-state index in [0.717, 1.165) is 60.8 Å². The van der Waals surface area contributed by atoms with Crippen molar-refractivity contribution in [3.8, 4) is 11.8 Å². The van der Waals surface area contributed by atoms with Gasteiger partial charge < -0.3 is 20.5 Å². The van der Waals surface area contributed by atoms with Crippen molar-refractivity contribution in [3.63, 3.8) is 0 Å². The predicted molar refractivity (Wildman–Crippen MR) is 150 cm³/mol. The van der Waals surface area contributed by atoms with Gasteiger partial charge >= 0.3 is 0 Å². The van der Waals surface area contributed by atoms with Crippen molar-refractivity contribution >= 4 is 11.8 Å². The van der Waals surface area contributed by atoms with Crippen molar-refractivity contribution in [1.82, 2.24) is 9.97 Å². The Morgan fingerprint density at radius 1 is 1.13 bits per heavy atom. The van der Waals surface area contributed by atoms with Crippen LogP contribution in [0.4, 0.5) is 11.8 Å². The first-order valence-electron chi connectivity index (χ1n) is 14.3. The third-order valence-electron chi connectivity index (χ3n) is 9.12. The van der Waals surface area contributed by atoms with E-state index in [-0.39, 0.29) is 0 Å². The molecular weight excluding hydrogens is 474 g/mol. The van der Waals surface area contributed by atoms with Crippen LogP contribution in [0, 0.1) is 40.4 Å². The van der Waals surface area contributed by atoms with Crippen molar-refractivity contribution in [2.45, 2.75) is 64.3 Å². The topological polar surface area (TPSA) is 103 Å². The van der Waals surface area contributed by atoms with Crippen molar-refractivity contribution in [1.29, 1.82) is 5.26 Å². The molecule has 1 heterocycles. The van der Waals surface area contributed by atoms with E-state index in [0.29, 0.717) is 35.9 Å². The lowest BCUT2D eigenvalue weighted by atomic mass is 9.45. The van der Waals surface area contributed by atoms with E-state index < -0.39 is 0 Å². The summed E-state index contributed by atoms with van der Waals surface area (Å²) in [7, 11) is 1.67. The van der Waals surface area contributed by atoms with E-state index in [1.54, 1.807) is 13.3 Å². The number of aromatic nitrogens is 2. The molecule has 0 spiro atoms. The number of aliphatic hydroxyl groups excluding tert-OH is 1. The van der Waals surface area contributed by atoms with E-state index in [4.69, 9.17) is 14.8 Å². The third-order valence-corrected chi connectivity index (χ3v) is 9.12. The maximum Gasteiger partial charge on any atom is 0.224 e. The van der Waals surface area contributed by atoms with E-state index >= 15 is 0 Å². The number of anilines is 2. The summed E-state index contributed by atoms with van der Waals surface area (Å²) in [5, 5.41) is 25.6. The highest BCUT2D eigenvalue weighted by molar-refractivity contribution is 5.53. The number of unbranched alkanes of at least 4 members (excludes halogenated alkanes) is 2. The molecule has 2 aromatic rings. The number of ether oxygens (including phenoxy) is 1. The number of hydrogen-bond acceptors (Lipinski definition) is 7. The van der Waals surface area contributed by atoms with Crippen LogP contribution < -0.4 is 15.4 Å². The van der Waals surface area contributed by atoms with Gasteiger partial charge in [0.25, 0.3) is 0 Å². The number of methoxy groups -OCH3 is 1. The Morgan fingerprint density at radius 2 is 1.95 bits per heavy atom. The number of nitriles is 1. The second kappa shape index (κ2) is 12.2. The fourth-order valence-electron chi connectivity index (χ4n) is 7.62. The van der Waals surface area contributed by atoms with Crippen LogP contribution in [0.1, 0.15) is 68.9 Å². The monoisotopic (exact) mass is 515 g/mol. The molecule has 1 unspecified atom stereocenters. The molecule has 1 aromatic heterocycles. The van der Waals surface area contributed by atoms with Crippen molar-refractivity contribution in [3.05, 3.63) is 53.7 Å². The Morgan fingerprint density at radius 3 is 2.71 bits per heavy atom. The van der Waals surface area contributed by atoms with Gasteiger partial charge in [-0.15, -0.1) is 0 Å². The van der Waals surface area contributed by atoms with Crippen LogP contribution in [-0.4, -0.2) is 35.3 Å². The van der Waals surface area contributed by atoms with Crippen LogP contribution in [0.2, 0.25) is 0 Å². The fourth-order valence-corrected chi connectivity index (χ4v) is 7.62. The minimum absolute atomic E-state index is 0.295. The number of nitrogens with zero attached hydrogens (tertiary/aromatic N) is 3.